The zero-order chi connectivity index (χ0) is 43.3. The molecule has 0 aromatic heterocycles. The van der Waals surface area contributed by atoms with E-state index in [2.05, 4.69) is 46.0 Å². The number of ketones is 1. The first-order valence-corrected chi connectivity index (χ1v) is 23.8. The summed E-state index contributed by atoms with van der Waals surface area (Å²) in [6.07, 6.45) is 8.13. The molecule has 12 aliphatic rings. The van der Waals surface area contributed by atoms with Crippen LogP contribution in [0.5, 0.6) is 11.5 Å². The number of hydrogen-bond donors (Lipinski definition) is 9. The van der Waals surface area contributed by atoms with Crippen LogP contribution in [0.15, 0.2) is 35.4 Å². The molecule has 11 heteroatoms. The molecule has 7 saturated carbocycles. The van der Waals surface area contributed by atoms with Crippen LogP contribution in [0.2, 0.25) is 0 Å². The molecule has 1 aromatic rings. The van der Waals surface area contributed by atoms with E-state index < -0.39 is 86.0 Å². The van der Waals surface area contributed by atoms with Crippen LogP contribution < -0.4 is 5.32 Å². The lowest BCUT2D eigenvalue weighted by Gasteiger charge is -2.73. The van der Waals surface area contributed by atoms with Gasteiger partial charge in [0, 0.05) is 66.6 Å². The summed E-state index contributed by atoms with van der Waals surface area (Å²) in [6.45, 7) is 11.6. The molecule has 3 spiro atoms. The molecule has 8 bridgehead atoms. The third-order valence-corrected chi connectivity index (χ3v) is 21.4. The molecule has 17 atom stereocenters. The van der Waals surface area contributed by atoms with Gasteiger partial charge in [-0.25, -0.2) is 0 Å². The second kappa shape index (κ2) is 12.5. The van der Waals surface area contributed by atoms with Crippen LogP contribution in [0.3, 0.4) is 0 Å². The number of carbonyl (C=O) groups is 1. The quantitative estimate of drug-likeness (QED) is 0.186. The SMILES string of the molecule is CCNCC1=C[C@@]2(C)CC[C@@H]1[C@]1(O[C@H]3C[C@@]4(O)C5=CC(=O)[C@@H]6[C@@H]7c8cc(O)cc(O)c8CC[C@@H]8C[C@@]5(C5(CCCC5)C[C@]4(C)[C@H]3[C@]1(O)CCO)[C@@]6(C)C[C@H](O)[C@@]87O)[C@@H](O)[C@H]2C. The van der Waals surface area contributed by atoms with Gasteiger partial charge in [-0.15, -0.1) is 0 Å². The molecule has 11 aliphatic carbocycles. The number of allylic oxidation sites excluding steroid dienone is 2. The largest absolute Gasteiger partial charge is 0.508 e. The number of likely N-dealkylation sites (N-methyl/N-ethyl adjacent to an activating group) is 1. The molecule has 8 fully saturated rings. The lowest BCUT2D eigenvalue weighted by molar-refractivity contribution is -0.261. The third-order valence-electron chi connectivity index (χ3n) is 21.4. The Kier molecular flexibility index (Phi) is 8.48. The Morgan fingerprint density at radius 3 is 2.38 bits per heavy atom. The Balaban J connectivity index is 1.13. The summed E-state index contributed by atoms with van der Waals surface area (Å²) in [4.78, 5) is 15.5. The summed E-state index contributed by atoms with van der Waals surface area (Å²) >= 11 is 0. The number of ether oxygens (including phenoxy) is 1. The second-order valence-corrected chi connectivity index (χ2v) is 23.1. The number of rotatable bonds is 5. The Hall–Kier alpha value is -2.35. The van der Waals surface area contributed by atoms with Gasteiger partial charge < -0.3 is 50.9 Å². The highest BCUT2D eigenvalue weighted by Crippen LogP contribution is 2.86. The zero-order valence-electron chi connectivity index (χ0n) is 36.7. The lowest BCUT2D eigenvalue weighted by Crippen LogP contribution is -2.74. The van der Waals surface area contributed by atoms with E-state index in [1.807, 2.05) is 0 Å². The van der Waals surface area contributed by atoms with Gasteiger partial charge in [0.1, 0.15) is 28.3 Å². The van der Waals surface area contributed by atoms with Crippen LogP contribution in [0.25, 0.3) is 0 Å². The van der Waals surface area contributed by atoms with E-state index in [4.69, 9.17) is 4.74 Å². The van der Waals surface area contributed by atoms with Gasteiger partial charge >= 0.3 is 0 Å². The number of aromatic hydroxyl groups is 2. The Bertz CT molecular complexity index is 2150. The molecular weight excluding hydrogens is 775 g/mol. The molecule has 1 saturated heterocycles. The van der Waals surface area contributed by atoms with Gasteiger partial charge in [-0.2, -0.15) is 0 Å². The van der Waals surface area contributed by atoms with Gasteiger partial charge in [-0.3, -0.25) is 4.79 Å². The molecule has 11 nitrogen and oxygen atoms in total. The Morgan fingerprint density at radius 2 is 1.67 bits per heavy atom. The third kappa shape index (κ3) is 4.35. The van der Waals surface area contributed by atoms with Crippen LogP contribution in [0.4, 0.5) is 0 Å². The summed E-state index contributed by atoms with van der Waals surface area (Å²) in [5.41, 5.74) is -7.36. The fraction of sp³-hybridized carbons (Fsp3) is 0.780. The second-order valence-electron chi connectivity index (χ2n) is 23.1. The van der Waals surface area contributed by atoms with Gasteiger partial charge in [0.25, 0.3) is 0 Å². The van der Waals surface area contributed by atoms with Crippen molar-refractivity contribution in [1.29, 1.82) is 0 Å². The summed E-state index contributed by atoms with van der Waals surface area (Å²) in [5, 5.41) is 104. The van der Waals surface area contributed by atoms with E-state index in [1.54, 1.807) is 12.1 Å². The van der Waals surface area contributed by atoms with E-state index in [0.29, 0.717) is 55.3 Å². The standard InChI is InChI=1S/C50H69NO10/c1-6-51-24-27-20-42(3)14-11-32(27)50(41(57)26(42)2)47(58,15-16-52)40-35(61-50)22-48(59)36-19-34(55)39-38-31-17-29(53)18-33(54)30(31)10-9-28-21-46(36,43(39,4)23-37(56)49(28,38)60)45(12-7-8-13-45)25-44(40,48)5/h17-20,26,28,32,35,37-41,51-54,56-60H,6-16,21-25H2,1-5H3/t26-,28-,32+,35+,37+,38+,39-,40+,41+,42-,43+,44-,46+,47-,48-,49+,50+/m1/s1. The molecule has 1 aliphatic heterocycles. The van der Waals surface area contributed by atoms with Crippen molar-refractivity contribution in [3.05, 3.63) is 46.6 Å². The number of phenols is 2. The monoisotopic (exact) mass is 843 g/mol. The van der Waals surface area contributed by atoms with Crippen molar-refractivity contribution in [3.63, 3.8) is 0 Å². The zero-order valence-corrected chi connectivity index (χ0v) is 36.7. The molecule has 1 heterocycles. The molecule has 1 aromatic carbocycles. The van der Waals surface area contributed by atoms with Crippen molar-refractivity contribution in [3.8, 4) is 11.5 Å². The maximum absolute atomic E-state index is 15.5. The van der Waals surface area contributed by atoms with Crippen molar-refractivity contribution in [2.75, 3.05) is 19.7 Å². The van der Waals surface area contributed by atoms with Crippen LogP contribution in [-0.2, 0) is 16.0 Å². The number of nitrogens with one attached hydrogen (secondary N) is 1. The Morgan fingerprint density at radius 1 is 0.934 bits per heavy atom. The minimum absolute atomic E-state index is 0.0384. The minimum Gasteiger partial charge on any atom is -0.508 e. The van der Waals surface area contributed by atoms with Crippen molar-refractivity contribution in [1.82, 2.24) is 5.32 Å². The Labute approximate surface area is 359 Å². The fourth-order valence-corrected chi connectivity index (χ4v) is 19.1. The molecule has 61 heavy (non-hydrogen) atoms. The van der Waals surface area contributed by atoms with E-state index in [0.717, 1.165) is 44.2 Å². The molecule has 0 amide bonds. The average molecular weight is 844 g/mol. The minimum atomic E-state index is -1.75. The molecule has 0 unspecified atom stereocenters. The van der Waals surface area contributed by atoms with Gasteiger partial charge in [0.2, 0.25) is 0 Å². The number of hydrogen-bond acceptors (Lipinski definition) is 11. The number of aliphatic hydroxyl groups is 6. The smallest absolute Gasteiger partial charge is 0.160 e. The maximum Gasteiger partial charge on any atom is 0.160 e. The van der Waals surface area contributed by atoms with E-state index in [1.165, 1.54) is 6.07 Å². The highest BCUT2D eigenvalue weighted by molar-refractivity contribution is 5.97. The number of fused-ring (bicyclic) bond motifs is 8. The van der Waals surface area contributed by atoms with Gasteiger partial charge in [-0.1, -0.05) is 59.1 Å². The van der Waals surface area contributed by atoms with E-state index in [9.17, 15) is 40.9 Å². The lowest BCUT2D eigenvalue weighted by atomic mass is 9.31. The molecule has 9 N–H and O–H groups in total. The van der Waals surface area contributed by atoms with Crippen LogP contribution in [0.1, 0.15) is 129 Å². The molecule has 0 radical (unpaired) electrons. The van der Waals surface area contributed by atoms with Gasteiger partial charge in [-0.05, 0) is 121 Å². The molecule has 13 rings (SSSR count). The van der Waals surface area contributed by atoms with Crippen molar-refractivity contribution < 1.29 is 50.4 Å². The van der Waals surface area contributed by atoms with Crippen LogP contribution in [-0.4, -0.2) is 107 Å². The first-order valence-electron chi connectivity index (χ1n) is 23.8. The first kappa shape index (κ1) is 41.4. The predicted octanol–water partition coefficient (Wildman–Crippen LogP) is 4.70. The van der Waals surface area contributed by atoms with Crippen LogP contribution >= 0.6 is 0 Å². The first-order chi connectivity index (χ1) is 28.7. The fourth-order valence-electron chi connectivity index (χ4n) is 19.1. The normalized spacial score (nSPS) is 53.2. The number of benzene rings is 1. The predicted molar refractivity (Wildman–Crippen MR) is 225 cm³/mol. The maximum atomic E-state index is 15.5. The summed E-state index contributed by atoms with van der Waals surface area (Å²) in [7, 11) is 0. The van der Waals surface area contributed by atoms with Crippen molar-refractivity contribution in [2.45, 2.75) is 165 Å². The number of carbonyl (C=O) groups excluding carboxylic acids is 1. The molecule has 334 valence electrons. The van der Waals surface area contributed by atoms with Crippen molar-refractivity contribution >= 4 is 5.78 Å². The highest BCUT2D eigenvalue weighted by Gasteiger charge is 2.88. The average Bonchev–Trinajstić information content (AvgIpc) is 3.75. The molecular formula is C50H69NO10. The number of aliphatic hydroxyl groups excluding tert-OH is 3. The van der Waals surface area contributed by atoms with E-state index in [-0.39, 0.29) is 60.4 Å². The van der Waals surface area contributed by atoms with Crippen LogP contribution in [0, 0.1) is 56.7 Å². The summed E-state index contributed by atoms with van der Waals surface area (Å²) < 4.78 is 7.52. The summed E-state index contributed by atoms with van der Waals surface area (Å²) in [6, 6.07) is 2.89. The van der Waals surface area contributed by atoms with E-state index >= 15 is 4.79 Å². The van der Waals surface area contributed by atoms with Crippen molar-refractivity contribution in [2.24, 2.45) is 56.7 Å². The number of phenolic OH excluding ortho intramolecular Hbond substituents is 2. The topological polar surface area (TPSA) is 200 Å². The highest BCUT2D eigenvalue weighted by atomic mass is 16.6. The van der Waals surface area contributed by atoms with Gasteiger partial charge in [0.15, 0.2) is 5.78 Å². The summed E-state index contributed by atoms with van der Waals surface area (Å²) in [5.74, 6) is -3.95. The van der Waals surface area contributed by atoms with Gasteiger partial charge in [0.05, 0.1) is 23.9 Å².